The molecule has 0 aliphatic heterocycles. The largest absolute Gasteiger partial charge is 0.481 e. The van der Waals surface area contributed by atoms with Crippen LogP contribution in [-0.2, 0) is 4.79 Å². The van der Waals surface area contributed by atoms with Crippen molar-refractivity contribution >= 4 is 17.7 Å². The lowest BCUT2D eigenvalue weighted by Crippen LogP contribution is -2.02. The van der Waals surface area contributed by atoms with E-state index in [2.05, 4.69) is 16.3 Å². The number of hydrogen-bond acceptors (Lipinski definition) is 5. The summed E-state index contributed by atoms with van der Waals surface area (Å²) >= 11 is 1.09. The molecular formula is C12H10N4O2S. The van der Waals surface area contributed by atoms with Gasteiger partial charge < -0.3 is 5.11 Å². The lowest BCUT2D eigenvalue weighted by Gasteiger charge is -2.09. The molecule has 0 aliphatic rings. The van der Waals surface area contributed by atoms with Crippen molar-refractivity contribution in [3.8, 4) is 11.8 Å². The SMILES string of the molecule is Cc1ccc(C#N)cc1-n1cnnc1SCC(=O)O. The third kappa shape index (κ3) is 2.92. The summed E-state index contributed by atoms with van der Waals surface area (Å²) in [5.74, 6) is -1.00. The fourth-order valence-electron chi connectivity index (χ4n) is 1.55. The van der Waals surface area contributed by atoms with Gasteiger partial charge in [0.25, 0.3) is 0 Å². The van der Waals surface area contributed by atoms with Crippen LogP contribution in [0.3, 0.4) is 0 Å². The molecule has 1 aromatic heterocycles. The lowest BCUT2D eigenvalue weighted by atomic mass is 10.1. The Morgan fingerprint density at radius 1 is 1.58 bits per heavy atom. The number of hydrogen-bond donors (Lipinski definition) is 1. The highest BCUT2D eigenvalue weighted by atomic mass is 32.2. The van der Waals surface area contributed by atoms with Crippen LogP contribution in [-0.4, -0.2) is 31.6 Å². The molecule has 7 heteroatoms. The summed E-state index contributed by atoms with van der Waals surface area (Å²) in [5.41, 5.74) is 2.26. The molecule has 0 atom stereocenters. The Kier molecular flexibility index (Phi) is 3.82. The highest BCUT2D eigenvalue weighted by molar-refractivity contribution is 7.99. The number of carboxylic acid groups (broad SMARTS) is 1. The second-order valence-electron chi connectivity index (χ2n) is 3.78. The summed E-state index contributed by atoms with van der Waals surface area (Å²) in [4.78, 5) is 10.6. The summed E-state index contributed by atoms with van der Waals surface area (Å²) in [6, 6.07) is 7.36. The minimum atomic E-state index is -0.915. The smallest absolute Gasteiger partial charge is 0.313 e. The van der Waals surface area contributed by atoms with Crippen molar-refractivity contribution in [2.45, 2.75) is 12.1 Å². The highest BCUT2D eigenvalue weighted by Gasteiger charge is 2.11. The van der Waals surface area contributed by atoms with Crippen LogP contribution in [0.1, 0.15) is 11.1 Å². The first-order valence-corrected chi connectivity index (χ1v) is 6.36. The summed E-state index contributed by atoms with van der Waals surface area (Å²) in [6.45, 7) is 1.90. The highest BCUT2D eigenvalue weighted by Crippen LogP contribution is 2.22. The van der Waals surface area contributed by atoms with Gasteiger partial charge in [-0.2, -0.15) is 5.26 Å². The van der Waals surface area contributed by atoms with Gasteiger partial charge in [-0.3, -0.25) is 9.36 Å². The Labute approximate surface area is 113 Å². The van der Waals surface area contributed by atoms with E-state index in [0.29, 0.717) is 10.7 Å². The molecule has 96 valence electrons. The molecule has 0 saturated heterocycles. The van der Waals surface area contributed by atoms with Crippen LogP contribution in [0.4, 0.5) is 0 Å². The van der Waals surface area contributed by atoms with E-state index in [4.69, 9.17) is 10.4 Å². The summed E-state index contributed by atoms with van der Waals surface area (Å²) in [7, 11) is 0. The molecular weight excluding hydrogens is 264 g/mol. The van der Waals surface area contributed by atoms with E-state index in [0.717, 1.165) is 23.0 Å². The number of benzene rings is 1. The Hall–Kier alpha value is -2.33. The third-order valence-electron chi connectivity index (χ3n) is 2.44. The van der Waals surface area contributed by atoms with Gasteiger partial charge >= 0.3 is 5.97 Å². The second-order valence-corrected chi connectivity index (χ2v) is 4.72. The minimum absolute atomic E-state index is 0.0876. The maximum absolute atomic E-state index is 10.6. The number of aryl methyl sites for hydroxylation is 1. The summed E-state index contributed by atoms with van der Waals surface area (Å²) in [6.07, 6.45) is 1.51. The second kappa shape index (κ2) is 5.54. The van der Waals surface area contributed by atoms with Crippen LogP contribution in [0, 0.1) is 18.3 Å². The maximum Gasteiger partial charge on any atom is 0.313 e. The molecule has 0 unspecified atom stereocenters. The van der Waals surface area contributed by atoms with Crippen molar-refractivity contribution in [3.05, 3.63) is 35.7 Å². The van der Waals surface area contributed by atoms with E-state index in [9.17, 15) is 4.79 Å². The van der Waals surface area contributed by atoms with E-state index in [1.807, 2.05) is 13.0 Å². The molecule has 0 radical (unpaired) electrons. The Bertz CT molecular complexity index is 660. The molecule has 0 spiro atoms. The number of nitriles is 1. The van der Waals surface area contributed by atoms with E-state index in [1.54, 1.807) is 16.7 Å². The summed E-state index contributed by atoms with van der Waals surface area (Å²) < 4.78 is 1.68. The zero-order valence-corrected chi connectivity index (χ0v) is 10.9. The predicted molar refractivity (Wildman–Crippen MR) is 69.2 cm³/mol. The normalized spacial score (nSPS) is 10.1. The molecule has 19 heavy (non-hydrogen) atoms. The first-order valence-electron chi connectivity index (χ1n) is 5.37. The van der Waals surface area contributed by atoms with Gasteiger partial charge in [0.2, 0.25) is 0 Å². The quantitative estimate of drug-likeness (QED) is 0.852. The first-order chi connectivity index (χ1) is 9.11. The molecule has 1 heterocycles. The van der Waals surface area contributed by atoms with Gasteiger partial charge in [0, 0.05) is 0 Å². The Morgan fingerprint density at radius 2 is 2.37 bits per heavy atom. The van der Waals surface area contributed by atoms with Crippen LogP contribution in [0.2, 0.25) is 0 Å². The van der Waals surface area contributed by atoms with Crippen LogP contribution < -0.4 is 0 Å². The monoisotopic (exact) mass is 274 g/mol. The number of nitrogens with zero attached hydrogens (tertiary/aromatic N) is 4. The fraction of sp³-hybridized carbons (Fsp3) is 0.167. The number of aromatic nitrogens is 3. The average molecular weight is 274 g/mol. The molecule has 0 fully saturated rings. The lowest BCUT2D eigenvalue weighted by molar-refractivity contribution is -0.133. The van der Waals surface area contributed by atoms with Crippen molar-refractivity contribution in [2.75, 3.05) is 5.75 Å². The molecule has 1 N–H and O–H groups in total. The van der Waals surface area contributed by atoms with Gasteiger partial charge in [0.1, 0.15) is 6.33 Å². The molecule has 6 nitrogen and oxygen atoms in total. The van der Waals surface area contributed by atoms with Crippen molar-refractivity contribution < 1.29 is 9.90 Å². The standard InChI is InChI=1S/C12H10N4O2S/c1-8-2-3-9(5-13)4-10(8)16-7-14-15-12(16)19-6-11(17)18/h2-4,7H,6H2,1H3,(H,17,18). The van der Waals surface area contributed by atoms with Gasteiger partial charge in [0.15, 0.2) is 5.16 Å². The molecule has 0 bridgehead atoms. The zero-order valence-electron chi connectivity index (χ0n) is 10.1. The zero-order chi connectivity index (χ0) is 13.8. The fourth-order valence-corrected chi connectivity index (χ4v) is 2.19. The number of thioether (sulfide) groups is 1. The van der Waals surface area contributed by atoms with Gasteiger partial charge in [-0.1, -0.05) is 17.8 Å². The van der Waals surface area contributed by atoms with Gasteiger partial charge in [-0.25, -0.2) is 0 Å². The topological polar surface area (TPSA) is 91.8 Å². The van der Waals surface area contributed by atoms with E-state index in [1.165, 1.54) is 6.33 Å². The molecule has 1 aromatic carbocycles. The molecule has 0 amide bonds. The van der Waals surface area contributed by atoms with Gasteiger partial charge in [-0.05, 0) is 24.6 Å². The minimum Gasteiger partial charge on any atom is -0.481 e. The van der Waals surface area contributed by atoms with E-state index in [-0.39, 0.29) is 5.75 Å². The van der Waals surface area contributed by atoms with E-state index < -0.39 is 5.97 Å². The average Bonchev–Trinajstić information content (AvgIpc) is 2.85. The number of carbonyl (C=O) groups is 1. The van der Waals surface area contributed by atoms with Crippen molar-refractivity contribution in [1.29, 1.82) is 5.26 Å². The number of carboxylic acids is 1. The summed E-state index contributed by atoms with van der Waals surface area (Å²) in [5, 5.41) is 25.8. The van der Waals surface area contributed by atoms with E-state index >= 15 is 0 Å². The van der Waals surface area contributed by atoms with Crippen LogP contribution in [0.5, 0.6) is 0 Å². The Morgan fingerprint density at radius 3 is 3.05 bits per heavy atom. The van der Waals surface area contributed by atoms with Gasteiger partial charge in [0.05, 0.1) is 23.1 Å². The number of aliphatic carboxylic acids is 1. The maximum atomic E-state index is 10.6. The molecule has 2 rings (SSSR count). The predicted octanol–water partition coefficient (Wildman–Crippen LogP) is 1.62. The van der Waals surface area contributed by atoms with Gasteiger partial charge in [-0.15, -0.1) is 10.2 Å². The molecule has 0 aliphatic carbocycles. The van der Waals surface area contributed by atoms with Crippen LogP contribution in [0.25, 0.3) is 5.69 Å². The van der Waals surface area contributed by atoms with Crippen molar-refractivity contribution in [2.24, 2.45) is 0 Å². The molecule has 2 aromatic rings. The van der Waals surface area contributed by atoms with Crippen LogP contribution in [0.15, 0.2) is 29.7 Å². The number of rotatable bonds is 4. The van der Waals surface area contributed by atoms with Crippen molar-refractivity contribution in [1.82, 2.24) is 14.8 Å². The first kappa shape index (κ1) is 13.1. The van der Waals surface area contributed by atoms with Crippen molar-refractivity contribution in [3.63, 3.8) is 0 Å². The molecule has 0 saturated carbocycles. The van der Waals surface area contributed by atoms with Crippen LogP contribution >= 0.6 is 11.8 Å². The Balaban J connectivity index is 2.40. The third-order valence-corrected chi connectivity index (χ3v) is 3.37.